The van der Waals surface area contributed by atoms with Gasteiger partial charge in [-0.1, -0.05) is 62.4 Å². The van der Waals surface area contributed by atoms with Crippen molar-refractivity contribution in [2.45, 2.75) is 19.8 Å². The number of hydrogen-bond acceptors (Lipinski definition) is 3. The zero-order valence-electron chi connectivity index (χ0n) is 16.7. The Hall–Kier alpha value is -3.31. The summed E-state index contributed by atoms with van der Waals surface area (Å²) in [6.07, 6.45) is 0. The van der Waals surface area contributed by atoms with Crippen LogP contribution in [0.1, 0.15) is 35.7 Å². The van der Waals surface area contributed by atoms with E-state index in [1.54, 1.807) is 29.5 Å². The largest absolute Gasteiger partial charge is 0.322 e. The average Bonchev–Trinajstić information content (AvgIpc) is 3.25. The van der Waals surface area contributed by atoms with E-state index in [0.717, 1.165) is 27.4 Å². The molecule has 4 rings (SSSR count). The molecular formula is C25H21FN2OS. The molecule has 5 heteroatoms. The van der Waals surface area contributed by atoms with Crippen LogP contribution in [0.2, 0.25) is 0 Å². The number of amides is 1. The van der Waals surface area contributed by atoms with Crippen LogP contribution in [0.4, 0.5) is 10.1 Å². The van der Waals surface area contributed by atoms with Gasteiger partial charge in [-0.2, -0.15) is 0 Å². The fourth-order valence-electron chi connectivity index (χ4n) is 3.12. The van der Waals surface area contributed by atoms with Crippen LogP contribution in [-0.4, -0.2) is 10.9 Å². The van der Waals surface area contributed by atoms with Crippen molar-refractivity contribution in [3.63, 3.8) is 0 Å². The molecule has 0 bridgehead atoms. The maximum atomic E-state index is 14.3. The number of aromatic nitrogens is 1. The van der Waals surface area contributed by atoms with Gasteiger partial charge in [0.25, 0.3) is 5.91 Å². The average molecular weight is 417 g/mol. The SMILES string of the molecule is CC(C)c1ccc(C(=O)Nc2ccc(-c3csc(-c4ccccc4)n3)cc2)c(F)c1. The predicted octanol–water partition coefficient (Wildman–Crippen LogP) is 6.99. The molecule has 1 amide bonds. The second-order valence-corrected chi connectivity index (χ2v) is 8.19. The smallest absolute Gasteiger partial charge is 0.258 e. The Morgan fingerprint density at radius 2 is 1.70 bits per heavy atom. The van der Waals surface area contributed by atoms with Crippen LogP contribution >= 0.6 is 11.3 Å². The minimum Gasteiger partial charge on any atom is -0.322 e. The van der Waals surface area contributed by atoms with Crippen LogP contribution in [0.3, 0.4) is 0 Å². The topological polar surface area (TPSA) is 42.0 Å². The lowest BCUT2D eigenvalue weighted by atomic mass is 10.0. The van der Waals surface area contributed by atoms with Crippen molar-refractivity contribution >= 4 is 22.9 Å². The van der Waals surface area contributed by atoms with Crippen molar-refractivity contribution in [3.8, 4) is 21.8 Å². The summed E-state index contributed by atoms with van der Waals surface area (Å²) in [6, 6.07) is 22.2. The highest BCUT2D eigenvalue weighted by molar-refractivity contribution is 7.13. The third kappa shape index (κ3) is 4.31. The summed E-state index contributed by atoms with van der Waals surface area (Å²) in [5.74, 6) is -0.765. The van der Waals surface area contributed by atoms with Crippen LogP contribution in [0.15, 0.2) is 78.2 Å². The monoisotopic (exact) mass is 416 g/mol. The van der Waals surface area contributed by atoms with E-state index >= 15 is 0 Å². The molecule has 4 aromatic rings. The number of hydrogen-bond donors (Lipinski definition) is 1. The summed E-state index contributed by atoms with van der Waals surface area (Å²) in [7, 11) is 0. The lowest BCUT2D eigenvalue weighted by Gasteiger charge is -2.10. The number of carbonyl (C=O) groups excluding carboxylic acids is 1. The van der Waals surface area contributed by atoms with Crippen LogP contribution in [0.5, 0.6) is 0 Å². The van der Waals surface area contributed by atoms with Crippen LogP contribution < -0.4 is 5.32 Å². The second-order valence-electron chi connectivity index (χ2n) is 7.33. The first-order valence-electron chi connectivity index (χ1n) is 9.73. The molecule has 0 unspecified atom stereocenters. The van der Waals surface area contributed by atoms with Gasteiger partial charge in [0.1, 0.15) is 10.8 Å². The van der Waals surface area contributed by atoms with E-state index in [1.807, 2.05) is 61.7 Å². The fourth-order valence-corrected chi connectivity index (χ4v) is 3.95. The molecule has 0 aliphatic rings. The molecule has 0 fully saturated rings. The molecule has 0 saturated heterocycles. The number of carbonyl (C=O) groups is 1. The Morgan fingerprint density at radius 3 is 2.37 bits per heavy atom. The second kappa shape index (κ2) is 8.59. The van der Waals surface area contributed by atoms with Gasteiger partial charge in [0.05, 0.1) is 11.3 Å². The standard InChI is InChI=1S/C25H21FN2OS/c1-16(2)19-10-13-21(22(26)14-19)24(29)27-20-11-8-17(9-12-20)23-15-30-25(28-23)18-6-4-3-5-7-18/h3-16H,1-2H3,(H,27,29). The lowest BCUT2D eigenvalue weighted by Crippen LogP contribution is -2.14. The third-order valence-electron chi connectivity index (χ3n) is 4.87. The summed E-state index contributed by atoms with van der Waals surface area (Å²) in [6.45, 7) is 3.97. The van der Waals surface area contributed by atoms with Crippen molar-refractivity contribution in [1.29, 1.82) is 0 Å². The maximum absolute atomic E-state index is 14.3. The molecule has 0 aliphatic heterocycles. The molecule has 1 aromatic heterocycles. The van der Waals surface area contributed by atoms with Gasteiger partial charge >= 0.3 is 0 Å². The minimum absolute atomic E-state index is 0.0375. The highest BCUT2D eigenvalue weighted by Gasteiger charge is 2.14. The van der Waals surface area contributed by atoms with Gasteiger partial charge in [-0.15, -0.1) is 11.3 Å². The van der Waals surface area contributed by atoms with E-state index in [2.05, 4.69) is 5.32 Å². The van der Waals surface area contributed by atoms with Crippen molar-refractivity contribution < 1.29 is 9.18 Å². The van der Waals surface area contributed by atoms with E-state index in [1.165, 1.54) is 12.1 Å². The molecule has 1 N–H and O–H groups in total. The normalized spacial score (nSPS) is 10.9. The van der Waals surface area contributed by atoms with Gasteiger partial charge in [0, 0.05) is 22.2 Å². The molecule has 150 valence electrons. The minimum atomic E-state index is -0.508. The molecule has 3 aromatic carbocycles. The number of thiazole rings is 1. The first-order chi connectivity index (χ1) is 14.5. The number of halogens is 1. The Labute approximate surface area is 179 Å². The molecule has 1 heterocycles. The highest BCUT2D eigenvalue weighted by Crippen LogP contribution is 2.29. The van der Waals surface area contributed by atoms with Crippen LogP contribution in [-0.2, 0) is 0 Å². The fraction of sp³-hybridized carbons (Fsp3) is 0.120. The van der Waals surface area contributed by atoms with Crippen molar-refractivity contribution in [1.82, 2.24) is 4.98 Å². The van der Waals surface area contributed by atoms with Crippen LogP contribution in [0.25, 0.3) is 21.8 Å². The molecule has 3 nitrogen and oxygen atoms in total. The van der Waals surface area contributed by atoms with Gasteiger partial charge in [-0.05, 0) is 35.7 Å². The molecular weight excluding hydrogens is 395 g/mol. The van der Waals surface area contributed by atoms with E-state index in [0.29, 0.717) is 5.69 Å². The summed E-state index contributed by atoms with van der Waals surface area (Å²) in [5.41, 5.74) is 4.44. The molecule has 0 aliphatic carbocycles. The van der Waals surface area contributed by atoms with Gasteiger partial charge in [0.15, 0.2) is 0 Å². The summed E-state index contributed by atoms with van der Waals surface area (Å²) < 4.78 is 14.3. The number of nitrogens with zero attached hydrogens (tertiary/aromatic N) is 1. The quantitative estimate of drug-likeness (QED) is 0.381. The van der Waals surface area contributed by atoms with E-state index in [4.69, 9.17) is 4.98 Å². The predicted molar refractivity (Wildman–Crippen MR) is 121 cm³/mol. The van der Waals surface area contributed by atoms with Gasteiger partial charge in [0.2, 0.25) is 0 Å². The molecule has 0 spiro atoms. The Morgan fingerprint density at radius 1 is 0.967 bits per heavy atom. The van der Waals surface area contributed by atoms with Crippen molar-refractivity contribution in [3.05, 3.63) is 95.1 Å². The van der Waals surface area contributed by atoms with Crippen molar-refractivity contribution in [2.75, 3.05) is 5.32 Å². The number of nitrogens with one attached hydrogen (secondary N) is 1. The highest BCUT2D eigenvalue weighted by atomic mass is 32.1. The Kier molecular flexibility index (Phi) is 5.72. The zero-order chi connectivity index (χ0) is 21.1. The van der Waals surface area contributed by atoms with E-state index < -0.39 is 11.7 Å². The van der Waals surface area contributed by atoms with E-state index in [-0.39, 0.29) is 11.5 Å². The zero-order valence-corrected chi connectivity index (χ0v) is 17.5. The Balaban J connectivity index is 1.48. The number of anilines is 1. The van der Waals surface area contributed by atoms with Gasteiger partial charge in [-0.25, -0.2) is 9.37 Å². The lowest BCUT2D eigenvalue weighted by molar-refractivity contribution is 0.102. The first kappa shape index (κ1) is 20.0. The summed E-state index contributed by atoms with van der Waals surface area (Å²) in [5, 5.41) is 5.74. The summed E-state index contributed by atoms with van der Waals surface area (Å²) >= 11 is 1.59. The maximum Gasteiger partial charge on any atom is 0.258 e. The first-order valence-corrected chi connectivity index (χ1v) is 10.6. The van der Waals surface area contributed by atoms with Crippen LogP contribution in [0, 0.1) is 5.82 Å². The third-order valence-corrected chi connectivity index (χ3v) is 5.76. The van der Waals surface area contributed by atoms with E-state index in [9.17, 15) is 9.18 Å². The van der Waals surface area contributed by atoms with Crippen molar-refractivity contribution in [2.24, 2.45) is 0 Å². The number of rotatable bonds is 5. The van der Waals surface area contributed by atoms with Gasteiger partial charge < -0.3 is 5.32 Å². The molecule has 0 radical (unpaired) electrons. The summed E-state index contributed by atoms with van der Waals surface area (Å²) in [4.78, 5) is 17.2. The van der Waals surface area contributed by atoms with Gasteiger partial charge in [-0.3, -0.25) is 4.79 Å². The molecule has 0 atom stereocenters. The molecule has 30 heavy (non-hydrogen) atoms. The molecule has 0 saturated carbocycles. The number of benzene rings is 3. The Bertz CT molecular complexity index is 1170.